The molecule has 0 bridgehead atoms. The molecule has 0 spiro atoms. The number of aliphatic carboxylic acids is 1. The number of oxime groups is 1. The number of β-lactam (4-membered cyclic amide) rings is 1. The number of rotatable bonds is 9. The van der Waals surface area contributed by atoms with E-state index in [0.29, 0.717) is 23.5 Å². The van der Waals surface area contributed by atoms with Gasteiger partial charge in [-0.05, 0) is 48.1 Å². The SMILES string of the molecule is CO/N=C(/C(=O)N[C@@H]1C(=O)N2C(C(=O)O)=C(Cc3c(C)cc(CSC(C)=O)cc3C)CS[C@H]12)c1csc(N)n1. The van der Waals surface area contributed by atoms with Gasteiger partial charge in [0.15, 0.2) is 16.0 Å². The molecule has 11 nitrogen and oxygen atoms in total. The van der Waals surface area contributed by atoms with Crippen LogP contribution in [0.2, 0.25) is 0 Å². The Kier molecular flexibility index (Phi) is 8.67. The van der Waals surface area contributed by atoms with Crippen molar-refractivity contribution in [2.75, 3.05) is 18.6 Å². The molecule has 2 aromatic rings. The zero-order valence-corrected chi connectivity index (χ0v) is 24.1. The molecular formula is C25H27N5O6S3. The standard InChI is InChI=1S/C25H27N5O6S3/c1-11-5-14(8-37-13(3)31)6-12(2)16(11)7-15-9-38-23-19(22(33)30(23)20(15)24(34)35)28-21(32)18(29-36-4)17-10-39-25(26)27-17/h5-6,10,19,23H,7-9H2,1-4H3,(H2,26,27)(H,28,32)(H,34,35)/b29-18+/t19-,23-/m1/s1. The second-order valence-electron chi connectivity index (χ2n) is 8.98. The molecule has 0 aliphatic carbocycles. The number of nitrogens with zero attached hydrogens (tertiary/aromatic N) is 3. The smallest absolute Gasteiger partial charge is 0.352 e. The van der Waals surface area contributed by atoms with Crippen molar-refractivity contribution in [1.29, 1.82) is 0 Å². The van der Waals surface area contributed by atoms with Gasteiger partial charge >= 0.3 is 5.97 Å². The van der Waals surface area contributed by atoms with Crippen LogP contribution in [-0.4, -0.2) is 67.9 Å². The average molecular weight is 590 g/mol. The summed E-state index contributed by atoms with van der Waals surface area (Å²) in [4.78, 5) is 59.8. The fourth-order valence-corrected chi connectivity index (χ4v) is 6.99. The van der Waals surface area contributed by atoms with Crippen molar-refractivity contribution < 1.29 is 29.1 Å². The van der Waals surface area contributed by atoms with E-state index in [-0.39, 0.29) is 27.3 Å². The first-order valence-electron chi connectivity index (χ1n) is 11.8. The maximum Gasteiger partial charge on any atom is 0.352 e. The number of carboxylic acids is 1. The third kappa shape index (κ3) is 5.97. The van der Waals surface area contributed by atoms with Gasteiger partial charge in [-0.25, -0.2) is 9.78 Å². The van der Waals surface area contributed by atoms with E-state index >= 15 is 0 Å². The molecule has 2 atom stereocenters. The number of aryl methyl sites for hydroxylation is 2. The number of aromatic nitrogens is 1. The van der Waals surface area contributed by atoms with E-state index in [1.54, 1.807) is 5.38 Å². The fourth-order valence-electron chi connectivity index (χ4n) is 4.56. The predicted molar refractivity (Wildman–Crippen MR) is 151 cm³/mol. The molecule has 14 heteroatoms. The lowest BCUT2D eigenvalue weighted by molar-refractivity contribution is -0.150. The number of thioether (sulfide) groups is 2. The lowest BCUT2D eigenvalue weighted by atomic mass is 9.92. The van der Waals surface area contributed by atoms with Crippen molar-refractivity contribution in [2.24, 2.45) is 5.16 Å². The summed E-state index contributed by atoms with van der Waals surface area (Å²) in [6.45, 7) is 5.45. The van der Waals surface area contributed by atoms with E-state index < -0.39 is 29.2 Å². The van der Waals surface area contributed by atoms with Gasteiger partial charge in [0, 0.05) is 23.8 Å². The Bertz CT molecular complexity index is 1400. The molecule has 0 radical (unpaired) electrons. The van der Waals surface area contributed by atoms with Gasteiger partial charge in [-0.2, -0.15) is 0 Å². The summed E-state index contributed by atoms with van der Waals surface area (Å²) in [5.74, 6) is -1.44. The molecule has 2 amide bonds. The molecule has 4 N–H and O–H groups in total. The number of nitrogens with one attached hydrogen (secondary N) is 1. The fraction of sp³-hybridized carbons (Fsp3) is 0.360. The molecular weight excluding hydrogens is 563 g/mol. The van der Waals surface area contributed by atoms with Gasteiger partial charge in [-0.3, -0.25) is 19.3 Å². The van der Waals surface area contributed by atoms with Crippen molar-refractivity contribution >= 4 is 68.6 Å². The van der Waals surface area contributed by atoms with E-state index in [2.05, 4.69) is 15.5 Å². The molecule has 39 heavy (non-hydrogen) atoms. The summed E-state index contributed by atoms with van der Waals surface area (Å²) < 4.78 is 0. The Hall–Kier alpha value is -3.36. The Balaban J connectivity index is 1.54. The summed E-state index contributed by atoms with van der Waals surface area (Å²) in [5.41, 5.74) is 10.3. The highest BCUT2D eigenvalue weighted by molar-refractivity contribution is 8.12. The number of hydrogen-bond donors (Lipinski definition) is 3. The normalized spacial score (nSPS) is 18.9. The van der Waals surface area contributed by atoms with Crippen molar-refractivity contribution in [3.63, 3.8) is 0 Å². The molecule has 3 heterocycles. The first-order chi connectivity index (χ1) is 18.5. The number of carbonyl (C=O) groups excluding carboxylic acids is 3. The topological polar surface area (TPSA) is 164 Å². The maximum atomic E-state index is 13.1. The van der Waals surface area contributed by atoms with E-state index in [0.717, 1.165) is 33.6 Å². The Morgan fingerprint density at radius 2 is 2.00 bits per heavy atom. The molecule has 2 aliphatic rings. The van der Waals surface area contributed by atoms with Crippen LogP contribution in [0.5, 0.6) is 0 Å². The largest absolute Gasteiger partial charge is 0.477 e. The maximum absolute atomic E-state index is 13.1. The Morgan fingerprint density at radius 3 is 2.56 bits per heavy atom. The zero-order chi connectivity index (χ0) is 28.4. The molecule has 1 fully saturated rings. The van der Waals surface area contributed by atoms with Crippen LogP contribution in [-0.2, 0) is 36.2 Å². The lowest BCUT2D eigenvalue weighted by Gasteiger charge is -2.49. The first-order valence-corrected chi connectivity index (χ1v) is 14.7. The Morgan fingerprint density at radius 1 is 1.31 bits per heavy atom. The second-order valence-corrected chi connectivity index (χ2v) is 12.1. The number of nitrogen functional groups attached to an aromatic ring is 1. The number of benzene rings is 1. The van der Waals surface area contributed by atoms with Gasteiger partial charge in [-0.15, -0.1) is 23.1 Å². The van der Waals surface area contributed by atoms with Crippen LogP contribution in [0.15, 0.2) is 33.9 Å². The van der Waals surface area contributed by atoms with E-state index in [1.165, 1.54) is 42.5 Å². The third-order valence-electron chi connectivity index (χ3n) is 6.29. The van der Waals surface area contributed by atoms with Crippen molar-refractivity contribution in [1.82, 2.24) is 15.2 Å². The van der Waals surface area contributed by atoms with Gasteiger partial charge in [-0.1, -0.05) is 29.1 Å². The number of anilines is 1. The highest BCUT2D eigenvalue weighted by Gasteiger charge is 2.54. The summed E-state index contributed by atoms with van der Waals surface area (Å²) in [7, 11) is 1.28. The summed E-state index contributed by atoms with van der Waals surface area (Å²) in [6, 6.07) is 3.08. The molecule has 1 aromatic heterocycles. The van der Waals surface area contributed by atoms with E-state index in [1.807, 2.05) is 26.0 Å². The van der Waals surface area contributed by atoms with Gasteiger partial charge in [0.25, 0.3) is 11.8 Å². The highest BCUT2D eigenvalue weighted by Crippen LogP contribution is 2.41. The highest BCUT2D eigenvalue weighted by atomic mass is 32.2. The van der Waals surface area contributed by atoms with Crippen LogP contribution in [0.1, 0.15) is 34.9 Å². The Labute approximate surface area is 237 Å². The number of fused-ring (bicyclic) bond motifs is 1. The lowest BCUT2D eigenvalue weighted by Crippen LogP contribution is -2.71. The minimum absolute atomic E-state index is 0.0446. The third-order valence-corrected chi connectivity index (χ3v) is 9.18. The van der Waals surface area contributed by atoms with Crippen LogP contribution in [0.25, 0.3) is 0 Å². The van der Waals surface area contributed by atoms with E-state index in [9.17, 15) is 24.3 Å². The molecule has 0 unspecified atom stereocenters. The minimum atomic E-state index is -1.20. The number of carboxylic acid groups (broad SMARTS) is 1. The van der Waals surface area contributed by atoms with Crippen LogP contribution in [0.3, 0.4) is 0 Å². The average Bonchev–Trinajstić information content (AvgIpc) is 3.31. The second kappa shape index (κ2) is 11.8. The van der Waals surface area contributed by atoms with Crippen LogP contribution >= 0.6 is 34.9 Å². The number of nitrogens with two attached hydrogens (primary N) is 1. The summed E-state index contributed by atoms with van der Waals surface area (Å²) in [6.07, 6.45) is 0.371. The summed E-state index contributed by atoms with van der Waals surface area (Å²) >= 11 is 3.76. The van der Waals surface area contributed by atoms with Gasteiger partial charge in [0.1, 0.15) is 29.9 Å². The quantitative estimate of drug-likeness (QED) is 0.225. The summed E-state index contributed by atoms with van der Waals surface area (Å²) in [5, 5.41) is 17.7. The molecule has 4 rings (SSSR count). The number of hydrogen-bond acceptors (Lipinski definition) is 11. The predicted octanol–water partition coefficient (Wildman–Crippen LogP) is 2.45. The van der Waals surface area contributed by atoms with Crippen LogP contribution in [0, 0.1) is 13.8 Å². The van der Waals surface area contributed by atoms with Crippen molar-refractivity contribution in [3.8, 4) is 0 Å². The number of thiazole rings is 1. The molecule has 206 valence electrons. The van der Waals surface area contributed by atoms with Crippen LogP contribution in [0.4, 0.5) is 5.13 Å². The zero-order valence-electron chi connectivity index (χ0n) is 21.6. The number of amides is 2. The number of carbonyl (C=O) groups is 4. The van der Waals surface area contributed by atoms with Crippen molar-refractivity contribution in [2.45, 2.75) is 44.4 Å². The molecule has 0 saturated carbocycles. The van der Waals surface area contributed by atoms with E-state index in [4.69, 9.17) is 10.6 Å². The van der Waals surface area contributed by atoms with Gasteiger partial charge < -0.3 is 21.0 Å². The van der Waals surface area contributed by atoms with Crippen LogP contribution < -0.4 is 11.1 Å². The van der Waals surface area contributed by atoms with Crippen molar-refractivity contribution in [3.05, 3.63) is 56.7 Å². The molecule has 1 saturated heterocycles. The monoisotopic (exact) mass is 589 g/mol. The van der Waals surface area contributed by atoms with Gasteiger partial charge in [0.2, 0.25) is 0 Å². The minimum Gasteiger partial charge on any atom is -0.477 e. The van der Waals surface area contributed by atoms with Gasteiger partial charge in [0.05, 0.1) is 0 Å². The first kappa shape index (κ1) is 28.6. The molecule has 2 aliphatic heterocycles. The molecule has 1 aromatic carbocycles.